The lowest BCUT2D eigenvalue weighted by Crippen LogP contribution is -2.39. The summed E-state index contributed by atoms with van der Waals surface area (Å²) in [5.74, 6) is 0.00733. The van der Waals surface area contributed by atoms with Gasteiger partial charge in [0.05, 0.1) is 4.91 Å². The van der Waals surface area contributed by atoms with Gasteiger partial charge in [0.15, 0.2) is 0 Å². The van der Waals surface area contributed by atoms with Crippen LogP contribution in [0.25, 0.3) is 6.08 Å². The third-order valence-corrected chi connectivity index (χ3v) is 5.91. The lowest BCUT2D eigenvalue weighted by molar-refractivity contribution is -0.124. The third kappa shape index (κ3) is 3.35. The second-order valence-corrected chi connectivity index (χ2v) is 8.03. The van der Waals surface area contributed by atoms with Gasteiger partial charge in [-0.25, -0.2) is 0 Å². The summed E-state index contributed by atoms with van der Waals surface area (Å²) < 4.78 is 0.660. The van der Waals surface area contributed by atoms with E-state index in [2.05, 4.69) is 0 Å². The number of hydrogen-bond donors (Lipinski definition) is 0. The van der Waals surface area contributed by atoms with Gasteiger partial charge in [-0.2, -0.15) is 0 Å². The first-order valence-electron chi connectivity index (χ1n) is 7.28. The van der Waals surface area contributed by atoms with Gasteiger partial charge in [-0.3, -0.25) is 9.69 Å². The van der Waals surface area contributed by atoms with Gasteiger partial charge >= 0.3 is 0 Å². The molecule has 2 nitrogen and oxygen atoms in total. The predicted octanol–water partition coefficient (Wildman–Crippen LogP) is 5.53. The molecule has 3 rings (SSSR count). The molecule has 1 heterocycles. The highest BCUT2D eigenvalue weighted by atomic mass is 35.5. The zero-order valence-electron chi connectivity index (χ0n) is 11.9. The molecule has 0 N–H and O–H groups in total. The van der Waals surface area contributed by atoms with E-state index in [0.717, 1.165) is 18.4 Å². The van der Waals surface area contributed by atoms with Gasteiger partial charge in [-0.15, -0.1) is 0 Å². The quantitative estimate of drug-likeness (QED) is 0.503. The Bertz CT molecular complexity index is 654. The molecule has 1 aromatic carbocycles. The fourth-order valence-electron chi connectivity index (χ4n) is 2.89. The molecule has 1 saturated carbocycles. The number of halogens is 2. The Kier molecular flexibility index (Phi) is 5.13. The van der Waals surface area contributed by atoms with Crippen LogP contribution in [0.15, 0.2) is 23.1 Å². The first-order chi connectivity index (χ1) is 10.6. The molecule has 1 aliphatic carbocycles. The van der Waals surface area contributed by atoms with E-state index < -0.39 is 0 Å². The summed E-state index contributed by atoms with van der Waals surface area (Å²) in [5, 5.41) is 1.12. The molecule has 0 radical (unpaired) electrons. The maximum Gasteiger partial charge on any atom is 0.266 e. The van der Waals surface area contributed by atoms with Gasteiger partial charge < -0.3 is 0 Å². The standard InChI is InChI=1S/C16H15Cl2NOS2/c17-11-7-6-10(13(18)9-11)8-14-15(20)19(16(21)22-14)12-4-2-1-3-5-12/h6-9,12H,1-5H2. The monoisotopic (exact) mass is 371 g/mol. The Hall–Kier alpha value is -0.550. The van der Waals surface area contributed by atoms with Crippen molar-refractivity contribution in [3.8, 4) is 0 Å². The van der Waals surface area contributed by atoms with Crippen LogP contribution in [0.5, 0.6) is 0 Å². The molecule has 0 spiro atoms. The first-order valence-corrected chi connectivity index (χ1v) is 9.26. The lowest BCUT2D eigenvalue weighted by atomic mass is 9.94. The molecule has 0 atom stereocenters. The minimum Gasteiger partial charge on any atom is -0.290 e. The van der Waals surface area contributed by atoms with Crippen molar-refractivity contribution in [2.45, 2.75) is 38.1 Å². The maximum absolute atomic E-state index is 12.7. The number of carbonyl (C=O) groups excluding carboxylic acids is 1. The van der Waals surface area contributed by atoms with Crippen LogP contribution < -0.4 is 0 Å². The van der Waals surface area contributed by atoms with Gasteiger partial charge in [-0.05, 0) is 36.6 Å². The summed E-state index contributed by atoms with van der Waals surface area (Å²) in [4.78, 5) is 15.1. The van der Waals surface area contributed by atoms with Crippen LogP contribution in [0.2, 0.25) is 10.0 Å². The van der Waals surface area contributed by atoms with Crippen molar-refractivity contribution in [1.29, 1.82) is 0 Å². The van der Waals surface area contributed by atoms with Gasteiger partial charge in [-0.1, -0.05) is 72.5 Å². The summed E-state index contributed by atoms with van der Waals surface area (Å²) in [5.41, 5.74) is 0.787. The molecule has 1 amide bonds. The van der Waals surface area contributed by atoms with Gasteiger partial charge in [0, 0.05) is 16.1 Å². The van der Waals surface area contributed by atoms with Crippen molar-refractivity contribution in [3.63, 3.8) is 0 Å². The molecule has 0 aromatic heterocycles. The fraction of sp³-hybridized carbons (Fsp3) is 0.375. The van der Waals surface area contributed by atoms with Crippen molar-refractivity contribution in [2.75, 3.05) is 0 Å². The average Bonchev–Trinajstić information content (AvgIpc) is 2.77. The van der Waals surface area contributed by atoms with Crippen molar-refractivity contribution >= 4 is 63.5 Å². The third-order valence-electron chi connectivity index (χ3n) is 4.01. The predicted molar refractivity (Wildman–Crippen MR) is 98.3 cm³/mol. The smallest absolute Gasteiger partial charge is 0.266 e. The van der Waals surface area contributed by atoms with Crippen LogP contribution in [-0.2, 0) is 4.79 Å². The number of thiocarbonyl (C=S) groups is 1. The van der Waals surface area contributed by atoms with Crippen molar-refractivity contribution < 1.29 is 4.79 Å². The number of carbonyl (C=O) groups is 1. The summed E-state index contributed by atoms with van der Waals surface area (Å²) in [6.45, 7) is 0. The molecule has 0 unspecified atom stereocenters. The maximum atomic E-state index is 12.7. The van der Waals surface area contributed by atoms with Crippen LogP contribution in [0.4, 0.5) is 0 Å². The number of nitrogens with zero attached hydrogens (tertiary/aromatic N) is 1. The van der Waals surface area contributed by atoms with E-state index in [9.17, 15) is 4.79 Å². The van der Waals surface area contributed by atoms with E-state index in [1.807, 2.05) is 6.07 Å². The number of amides is 1. The van der Waals surface area contributed by atoms with Gasteiger partial charge in [0.25, 0.3) is 5.91 Å². The zero-order chi connectivity index (χ0) is 15.7. The van der Waals surface area contributed by atoms with Crippen LogP contribution in [0, 0.1) is 0 Å². The number of rotatable bonds is 2. The second-order valence-electron chi connectivity index (χ2n) is 5.51. The van der Waals surface area contributed by atoms with Crippen molar-refractivity contribution in [2.24, 2.45) is 0 Å². The van der Waals surface area contributed by atoms with Crippen LogP contribution >= 0.6 is 47.2 Å². The van der Waals surface area contributed by atoms with Crippen molar-refractivity contribution in [3.05, 3.63) is 38.7 Å². The Labute approximate surface area is 149 Å². The van der Waals surface area contributed by atoms with Crippen molar-refractivity contribution in [1.82, 2.24) is 4.90 Å². The SMILES string of the molecule is O=C1C(=Cc2ccc(Cl)cc2Cl)SC(=S)N1C1CCCCC1. The normalized spacial score (nSPS) is 21.9. The van der Waals surface area contributed by atoms with E-state index in [1.165, 1.54) is 31.0 Å². The lowest BCUT2D eigenvalue weighted by Gasteiger charge is -2.29. The Morgan fingerprint density at radius 3 is 2.64 bits per heavy atom. The number of thioether (sulfide) groups is 1. The van der Waals surface area contributed by atoms with Crippen LogP contribution in [-0.4, -0.2) is 21.2 Å². The van der Waals surface area contributed by atoms with E-state index >= 15 is 0 Å². The molecule has 1 aromatic rings. The van der Waals surface area contributed by atoms with Crippen LogP contribution in [0.1, 0.15) is 37.7 Å². The van der Waals surface area contributed by atoms with Crippen LogP contribution in [0.3, 0.4) is 0 Å². The number of benzene rings is 1. The van der Waals surface area contributed by atoms with E-state index in [1.54, 1.807) is 23.1 Å². The Morgan fingerprint density at radius 2 is 1.95 bits per heavy atom. The van der Waals surface area contributed by atoms with E-state index in [4.69, 9.17) is 35.4 Å². The first kappa shape index (κ1) is 16.3. The molecule has 1 aliphatic heterocycles. The summed E-state index contributed by atoms with van der Waals surface area (Å²) in [7, 11) is 0. The Balaban J connectivity index is 1.85. The molecule has 0 bridgehead atoms. The topological polar surface area (TPSA) is 20.3 Å². The molecule has 116 valence electrons. The van der Waals surface area contributed by atoms with Gasteiger partial charge in [0.2, 0.25) is 0 Å². The number of hydrogen-bond acceptors (Lipinski definition) is 3. The second kappa shape index (κ2) is 6.91. The summed E-state index contributed by atoms with van der Waals surface area (Å²) in [6.07, 6.45) is 7.48. The fourth-order valence-corrected chi connectivity index (χ4v) is 4.75. The van der Waals surface area contributed by atoms with E-state index in [0.29, 0.717) is 19.3 Å². The molecular weight excluding hydrogens is 357 g/mol. The molecular formula is C16H15Cl2NOS2. The summed E-state index contributed by atoms with van der Waals surface area (Å²) >= 11 is 18.9. The molecule has 22 heavy (non-hydrogen) atoms. The zero-order valence-corrected chi connectivity index (χ0v) is 15.0. The molecule has 2 aliphatic rings. The minimum atomic E-state index is 0.00733. The highest BCUT2D eigenvalue weighted by molar-refractivity contribution is 8.26. The van der Waals surface area contributed by atoms with E-state index in [-0.39, 0.29) is 11.9 Å². The molecule has 2 fully saturated rings. The largest absolute Gasteiger partial charge is 0.290 e. The van der Waals surface area contributed by atoms with Gasteiger partial charge in [0.1, 0.15) is 4.32 Å². The highest BCUT2D eigenvalue weighted by Gasteiger charge is 2.37. The highest BCUT2D eigenvalue weighted by Crippen LogP contribution is 2.38. The average molecular weight is 372 g/mol. The minimum absolute atomic E-state index is 0.00733. The Morgan fingerprint density at radius 1 is 1.23 bits per heavy atom. The summed E-state index contributed by atoms with van der Waals surface area (Å²) in [6, 6.07) is 5.52. The molecule has 1 saturated heterocycles. The molecule has 6 heteroatoms.